The second-order valence-corrected chi connectivity index (χ2v) is 4.14. The van der Waals surface area contributed by atoms with Crippen molar-refractivity contribution in [2.75, 3.05) is 33.3 Å². The molecule has 1 heterocycles. The van der Waals surface area contributed by atoms with Gasteiger partial charge in [-0.15, -0.1) is 0 Å². The molecule has 1 aliphatic heterocycles. The fraction of sp³-hybridized carbons (Fsp3) is 0.462. The number of carbonyl (C=O) groups excluding carboxylic acids is 1. The molecule has 1 unspecified atom stereocenters. The molecule has 0 spiro atoms. The van der Waals surface area contributed by atoms with E-state index in [4.69, 9.17) is 9.47 Å². The normalized spacial score (nSPS) is 18.1. The number of hydrogen-bond acceptors (Lipinski definition) is 5. The van der Waals surface area contributed by atoms with E-state index in [2.05, 4.69) is 10.2 Å². The highest BCUT2D eigenvalue weighted by molar-refractivity contribution is 5.39. The molecule has 0 aliphatic carbocycles. The van der Waals surface area contributed by atoms with Gasteiger partial charge in [-0.2, -0.15) is 0 Å². The number of ether oxygens (including phenoxy) is 2. The minimum Gasteiger partial charge on any atom is -0.497 e. The molecule has 1 aromatic rings. The quantitative estimate of drug-likeness (QED) is 0.782. The van der Waals surface area contributed by atoms with Gasteiger partial charge in [-0.05, 0) is 12.1 Å². The van der Waals surface area contributed by atoms with Crippen LogP contribution in [-0.2, 0) is 9.53 Å². The van der Waals surface area contributed by atoms with E-state index in [-0.39, 0.29) is 6.23 Å². The molecule has 18 heavy (non-hydrogen) atoms. The number of carbonyl (C=O) groups is 1. The zero-order chi connectivity index (χ0) is 12.8. The molecule has 1 aromatic carbocycles. The Morgan fingerprint density at radius 1 is 1.28 bits per heavy atom. The van der Waals surface area contributed by atoms with Crippen LogP contribution in [0.4, 0.5) is 0 Å². The molecule has 1 atom stereocenters. The topological polar surface area (TPSA) is 50.8 Å². The highest BCUT2D eigenvalue weighted by atomic mass is 16.5. The number of hydrogen-bond donors (Lipinski definition) is 1. The van der Waals surface area contributed by atoms with E-state index in [9.17, 15) is 4.79 Å². The summed E-state index contributed by atoms with van der Waals surface area (Å²) in [5.41, 5.74) is 0.963. The zero-order valence-electron chi connectivity index (χ0n) is 10.5. The highest BCUT2D eigenvalue weighted by Gasteiger charge is 2.23. The predicted octanol–water partition coefficient (Wildman–Crippen LogP) is 0.772. The van der Waals surface area contributed by atoms with Crippen molar-refractivity contribution in [2.24, 2.45) is 0 Å². The van der Waals surface area contributed by atoms with Crippen LogP contribution in [0.2, 0.25) is 0 Å². The Morgan fingerprint density at radius 2 is 1.94 bits per heavy atom. The number of benzene rings is 1. The average Bonchev–Trinajstić information content (AvgIpc) is 2.46. The van der Waals surface area contributed by atoms with E-state index in [1.165, 1.54) is 0 Å². The lowest BCUT2D eigenvalue weighted by Crippen LogP contribution is -2.45. The first-order valence-corrected chi connectivity index (χ1v) is 6.03. The van der Waals surface area contributed by atoms with E-state index in [1.807, 2.05) is 24.3 Å². The van der Waals surface area contributed by atoms with E-state index < -0.39 is 0 Å². The third-order valence-electron chi connectivity index (χ3n) is 3.07. The van der Waals surface area contributed by atoms with Gasteiger partial charge in [0.1, 0.15) is 5.75 Å². The van der Waals surface area contributed by atoms with Gasteiger partial charge < -0.3 is 14.8 Å². The summed E-state index contributed by atoms with van der Waals surface area (Å²) in [6, 6.07) is 7.60. The molecular formula is C13H18N2O3. The molecule has 2 rings (SSSR count). The minimum absolute atomic E-state index is 0.310. The molecule has 0 aromatic heterocycles. The number of rotatable bonds is 5. The fourth-order valence-electron chi connectivity index (χ4n) is 2.11. The second-order valence-electron chi connectivity index (χ2n) is 4.14. The van der Waals surface area contributed by atoms with Gasteiger partial charge in [0.2, 0.25) is 0 Å². The third kappa shape index (κ3) is 3.00. The van der Waals surface area contributed by atoms with Crippen LogP contribution in [0, 0.1) is 0 Å². The lowest BCUT2D eigenvalue weighted by molar-refractivity contribution is -0.145. The van der Waals surface area contributed by atoms with Crippen molar-refractivity contribution in [2.45, 2.75) is 6.23 Å². The van der Waals surface area contributed by atoms with Gasteiger partial charge in [0, 0.05) is 31.7 Å². The maximum absolute atomic E-state index is 10.7. The van der Waals surface area contributed by atoms with Crippen molar-refractivity contribution in [3.05, 3.63) is 29.8 Å². The smallest absolute Gasteiger partial charge is 0.294 e. The molecule has 98 valence electrons. The Morgan fingerprint density at radius 3 is 2.50 bits per heavy atom. The standard InChI is InChI=1S/C13H18N2O3/c1-17-12-4-2-11(3-5-12)13(18-10-16)15-8-6-14-7-9-15/h2-5,10,13-14H,6-9H2,1H3. The summed E-state index contributed by atoms with van der Waals surface area (Å²) in [6.07, 6.45) is -0.310. The van der Waals surface area contributed by atoms with E-state index in [1.54, 1.807) is 7.11 Å². The zero-order valence-corrected chi connectivity index (χ0v) is 10.5. The van der Waals surface area contributed by atoms with Crippen LogP contribution < -0.4 is 10.1 Å². The average molecular weight is 250 g/mol. The van der Waals surface area contributed by atoms with Crippen LogP contribution in [0.3, 0.4) is 0 Å². The van der Waals surface area contributed by atoms with Gasteiger partial charge in [-0.1, -0.05) is 12.1 Å². The minimum atomic E-state index is -0.310. The number of nitrogens with zero attached hydrogens (tertiary/aromatic N) is 1. The van der Waals surface area contributed by atoms with Crippen LogP contribution in [0.25, 0.3) is 0 Å². The maximum atomic E-state index is 10.7. The molecule has 1 N–H and O–H groups in total. The third-order valence-corrected chi connectivity index (χ3v) is 3.07. The lowest BCUT2D eigenvalue weighted by atomic mass is 10.1. The van der Waals surface area contributed by atoms with E-state index in [0.717, 1.165) is 37.5 Å². The molecule has 1 fully saturated rings. The summed E-state index contributed by atoms with van der Waals surface area (Å²) in [5.74, 6) is 0.795. The Balaban J connectivity index is 2.13. The van der Waals surface area contributed by atoms with E-state index in [0.29, 0.717) is 6.47 Å². The summed E-state index contributed by atoms with van der Waals surface area (Å²) in [6.45, 7) is 4.07. The fourth-order valence-corrected chi connectivity index (χ4v) is 2.11. The first kappa shape index (κ1) is 12.9. The van der Waals surface area contributed by atoms with Crippen molar-refractivity contribution in [1.29, 1.82) is 0 Å². The van der Waals surface area contributed by atoms with Crippen molar-refractivity contribution >= 4 is 6.47 Å². The SMILES string of the molecule is COc1ccc(C(OC=O)N2CCNCC2)cc1. The Hall–Kier alpha value is -1.59. The van der Waals surface area contributed by atoms with Crippen LogP contribution >= 0.6 is 0 Å². The van der Waals surface area contributed by atoms with Crippen LogP contribution in [-0.4, -0.2) is 44.7 Å². The first-order valence-electron chi connectivity index (χ1n) is 6.03. The highest BCUT2D eigenvalue weighted by Crippen LogP contribution is 2.23. The van der Waals surface area contributed by atoms with Crippen molar-refractivity contribution in [1.82, 2.24) is 10.2 Å². The monoisotopic (exact) mass is 250 g/mol. The van der Waals surface area contributed by atoms with Crippen molar-refractivity contribution in [3.63, 3.8) is 0 Å². The molecule has 0 saturated carbocycles. The van der Waals surface area contributed by atoms with Crippen LogP contribution in [0.1, 0.15) is 11.8 Å². The number of methoxy groups -OCH3 is 1. The summed E-state index contributed by atoms with van der Waals surface area (Å²) < 4.78 is 10.3. The second kappa shape index (κ2) is 6.37. The van der Waals surface area contributed by atoms with Crippen molar-refractivity contribution in [3.8, 4) is 5.75 Å². The molecule has 0 radical (unpaired) electrons. The molecule has 1 aliphatic rings. The summed E-state index contributed by atoms with van der Waals surface area (Å²) in [4.78, 5) is 12.8. The largest absolute Gasteiger partial charge is 0.497 e. The molecular weight excluding hydrogens is 232 g/mol. The Bertz CT molecular complexity index is 374. The number of nitrogens with one attached hydrogen (secondary N) is 1. The van der Waals surface area contributed by atoms with Gasteiger partial charge in [-0.25, -0.2) is 0 Å². The van der Waals surface area contributed by atoms with Crippen molar-refractivity contribution < 1.29 is 14.3 Å². The molecule has 5 heteroatoms. The molecule has 1 saturated heterocycles. The van der Waals surface area contributed by atoms with Gasteiger partial charge in [-0.3, -0.25) is 9.69 Å². The molecule has 0 amide bonds. The number of piperazine rings is 1. The van der Waals surface area contributed by atoms with Crippen LogP contribution in [0.5, 0.6) is 5.75 Å². The van der Waals surface area contributed by atoms with Gasteiger partial charge >= 0.3 is 0 Å². The summed E-state index contributed by atoms with van der Waals surface area (Å²) in [7, 11) is 1.63. The molecule has 5 nitrogen and oxygen atoms in total. The maximum Gasteiger partial charge on any atom is 0.294 e. The van der Waals surface area contributed by atoms with Gasteiger partial charge in [0.15, 0.2) is 6.23 Å². The van der Waals surface area contributed by atoms with Gasteiger partial charge in [0.25, 0.3) is 6.47 Å². The first-order chi connectivity index (χ1) is 8.85. The molecule has 0 bridgehead atoms. The van der Waals surface area contributed by atoms with Gasteiger partial charge in [0.05, 0.1) is 7.11 Å². The predicted molar refractivity (Wildman–Crippen MR) is 67.3 cm³/mol. The van der Waals surface area contributed by atoms with E-state index >= 15 is 0 Å². The Labute approximate surface area is 107 Å². The summed E-state index contributed by atoms with van der Waals surface area (Å²) >= 11 is 0. The lowest BCUT2D eigenvalue weighted by Gasteiger charge is -2.33. The Kier molecular flexibility index (Phi) is 4.55. The van der Waals surface area contributed by atoms with Crippen LogP contribution in [0.15, 0.2) is 24.3 Å². The summed E-state index contributed by atoms with van der Waals surface area (Å²) in [5, 5.41) is 3.28.